The first-order chi connectivity index (χ1) is 13.2. The Morgan fingerprint density at radius 2 is 2.00 bits per heavy atom. The number of hydrogen-bond donors (Lipinski definition) is 0. The largest absolute Gasteiger partial charge is 0.338 e. The number of amides is 1. The second-order valence-electron chi connectivity index (χ2n) is 7.55. The lowest BCUT2D eigenvalue weighted by atomic mass is 10.2. The zero-order valence-corrected chi connectivity index (χ0v) is 16.8. The van der Waals surface area contributed by atoms with E-state index in [2.05, 4.69) is 38.4 Å². The van der Waals surface area contributed by atoms with Gasteiger partial charge < -0.3 is 9.80 Å². The fourth-order valence-corrected chi connectivity index (χ4v) is 5.09. The van der Waals surface area contributed by atoms with Gasteiger partial charge in [0.1, 0.15) is 0 Å². The first-order valence-corrected chi connectivity index (χ1v) is 10.9. The summed E-state index contributed by atoms with van der Waals surface area (Å²) in [5.74, 6) is 0.709. The zero-order chi connectivity index (χ0) is 18.6. The van der Waals surface area contributed by atoms with Crippen LogP contribution in [0.1, 0.15) is 31.2 Å². The van der Waals surface area contributed by atoms with Crippen molar-refractivity contribution in [2.75, 3.05) is 31.9 Å². The summed E-state index contributed by atoms with van der Waals surface area (Å²) in [6, 6.07) is 8.67. The molecule has 1 amide bonds. The Hall–Kier alpha value is -1.79. The van der Waals surface area contributed by atoms with Crippen LogP contribution in [0, 0.1) is 6.92 Å². The highest BCUT2D eigenvalue weighted by Crippen LogP contribution is 2.25. The number of carbonyl (C=O) groups is 1. The Morgan fingerprint density at radius 3 is 2.81 bits per heavy atom. The first-order valence-electron chi connectivity index (χ1n) is 9.96. The lowest BCUT2D eigenvalue weighted by Gasteiger charge is -2.28. The van der Waals surface area contributed by atoms with Gasteiger partial charge in [-0.2, -0.15) is 0 Å². The Kier molecular flexibility index (Phi) is 5.83. The molecule has 0 aliphatic carbocycles. The predicted octanol–water partition coefficient (Wildman–Crippen LogP) is 3.36. The van der Waals surface area contributed by atoms with E-state index in [1.807, 2.05) is 24.5 Å². The van der Waals surface area contributed by atoms with Gasteiger partial charge in [-0.25, -0.2) is 4.98 Å². The van der Waals surface area contributed by atoms with Gasteiger partial charge in [0.15, 0.2) is 5.16 Å². The van der Waals surface area contributed by atoms with Gasteiger partial charge >= 0.3 is 0 Å². The van der Waals surface area contributed by atoms with Crippen molar-refractivity contribution in [3.63, 3.8) is 0 Å². The van der Waals surface area contributed by atoms with E-state index in [9.17, 15) is 4.79 Å². The van der Waals surface area contributed by atoms with E-state index in [4.69, 9.17) is 0 Å². The summed E-state index contributed by atoms with van der Waals surface area (Å²) in [5, 5.41) is 0.882. The Morgan fingerprint density at radius 1 is 1.19 bits per heavy atom. The molecular weight excluding hydrogens is 356 g/mol. The lowest BCUT2D eigenvalue weighted by molar-refractivity contribution is -0.129. The van der Waals surface area contributed by atoms with Crippen LogP contribution in [0.4, 0.5) is 0 Å². The lowest BCUT2D eigenvalue weighted by Crippen LogP contribution is -2.43. The second-order valence-corrected chi connectivity index (χ2v) is 8.49. The molecule has 144 valence electrons. The number of rotatable bonds is 6. The molecular formula is C21H28N4OS. The van der Waals surface area contributed by atoms with E-state index in [0.717, 1.165) is 36.8 Å². The van der Waals surface area contributed by atoms with Crippen LogP contribution in [-0.4, -0.2) is 63.2 Å². The van der Waals surface area contributed by atoms with Crippen LogP contribution in [0.3, 0.4) is 0 Å². The molecule has 1 aromatic heterocycles. The maximum absolute atomic E-state index is 12.9. The van der Waals surface area contributed by atoms with E-state index in [1.165, 1.54) is 31.5 Å². The molecule has 2 aromatic rings. The van der Waals surface area contributed by atoms with Crippen LogP contribution in [0.25, 0.3) is 5.69 Å². The highest BCUT2D eigenvalue weighted by Gasteiger charge is 2.30. The topological polar surface area (TPSA) is 41.4 Å². The summed E-state index contributed by atoms with van der Waals surface area (Å²) in [6.07, 6.45) is 8.67. The standard InChI is InChI=1S/C21H28N4OS/c1-17-7-2-3-9-19(17)25-14-10-22-21(25)27-16-20(26)24-13-6-8-18(24)15-23-11-4-5-12-23/h2-3,7,9-10,14,18H,4-6,8,11-13,15-16H2,1H3. The average molecular weight is 385 g/mol. The SMILES string of the molecule is Cc1ccccc1-n1ccnc1SCC(=O)N1CCCC1CN1CCCC1. The normalized spacial score (nSPS) is 20.5. The quantitative estimate of drug-likeness (QED) is 0.716. The molecule has 4 rings (SSSR count). The summed E-state index contributed by atoms with van der Waals surface area (Å²) >= 11 is 1.54. The number of nitrogens with zero attached hydrogens (tertiary/aromatic N) is 4. The number of benzene rings is 1. The molecule has 6 heteroatoms. The molecule has 1 unspecified atom stereocenters. The fourth-order valence-electron chi connectivity index (χ4n) is 4.24. The molecule has 2 aliphatic heterocycles. The minimum Gasteiger partial charge on any atom is -0.338 e. The summed E-state index contributed by atoms with van der Waals surface area (Å²) < 4.78 is 2.08. The van der Waals surface area contributed by atoms with Crippen molar-refractivity contribution in [2.45, 2.75) is 43.8 Å². The Balaban J connectivity index is 1.38. The van der Waals surface area contributed by atoms with Crippen LogP contribution >= 0.6 is 11.8 Å². The fraction of sp³-hybridized carbons (Fsp3) is 0.524. The molecule has 3 heterocycles. The van der Waals surface area contributed by atoms with Crippen molar-refractivity contribution < 1.29 is 4.79 Å². The third kappa shape index (κ3) is 4.22. The van der Waals surface area contributed by atoms with Gasteiger partial charge in [0.2, 0.25) is 5.91 Å². The number of hydrogen-bond acceptors (Lipinski definition) is 4. The van der Waals surface area contributed by atoms with Crippen molar-refractivity contribution in [2.24, 2.45) is 0 Å². The summed E-state index contributed by atoms with van der Waals surface area (Å²) in [4.78, 5) is 22.0. The molecule has 0 bridgehead atoms. The number of para-hydroxylation sites is 1. The van der Waals surface area contributed by atoms with E-state index in [0.29, 0.717) is 11.8 Å². The van der Waals surface area contributed by atoms with Crippen molar-refractivity contribution in [3.8, 4) is 5.69 Å². The zero-order valence-electron chi connectivity index (χ0n) is 16.0. The Labute approximate surface area is 165 Å². The molecule has 1 atom stereocenters. The summed E-state index contributed by atoms with van der Waals surface area (Å²) in [6.45, 7) is 6.45. The van der Waals surface area contributed by atoms with Crippen molar-refractivity contribution in [3.05, 3.63) is 42.2 Å². The number of aromatic nitrogens is 2. The van der Waals surface area contributed by atoms with Crippen LogP contribution < -0.4 is 0 Å². The van der Waals surface area contributed by atoms with E-state index < -0.39 is 0 Å². The molecule has 2 fully saturated rings. The van der Waals surface area contributed by atoms with Gasteiger partial charge in [-0.3, -0.25) is 9.36 Å². The minimum absolute atomic E-state index is 0.251. The van der Waals surface area contributed by atoms with Crippen molar-refractivity contribution in [1.29, 1.82) is 0 Å². The number of imidazole rings is 1. The molecule has 2 aliphatic rings. The molecule has 1 aromatic carbocycles. The van der Waals surface area contributed by atoms with Gasteiger partial charge in [-0.1, -0.05) is 30.0 Å². The van der Waals surface area contributed by atoms with Gasteiger partial charge in [-0.15, -0.1) is 0 Å². The number of carbonyl (C=O) groups excluding carboxylic acids is 1. The predicted molar refractivity (Wildman–Crippen MR) is 109 cm³/mol. The minimum atomic E-state index is 0.251. The average Bonchev–Trinajstić information content (AvgIpc) is 3.42. The summed E-state index contributed by atoms with van der Waals surface area (Å²) in [7, 11) is 0. The molecule has 0 saturated carbocycles. The Bertz CT molecular complexity index is 784. The van der Waals surface area contributed by atoms with Crippen LogP contribution in [0.15, 0.2) is 41.8 Å². The van der Waals surface area contributed by atoms with Gasteiger partial charge in [0.25, 0.3) is 0 Å². The van der Waals surface area contributed by atoms with Gasteiger partial charge in [0, 0.05) is 31.5 Å². The molecule has 2 saturated heterocycles. The third-order valence-corrected chi connectivity index (χ3v) is 6.62. The maximum Gasteiger partial charge on any atom is 0.233 e. The maximum atomic E-state index is 12.9. The summed E-state index contributed by atoms with van der Waals surface area (Å²) in [5.41, 5.74) is 2.33. The highest BCUT2D eigenvalue weighted by molar-refractivity contribution is 7.99. The third-order valence-electron chi connectivity index (χ3n) is 5.67. The van der Waals surface area contributed by atoms with E-state index >= 15 is 0 Å². The van der Waals surface area contributed by atoms with Crippen LogP contribution in [-0.2, 0) is 4.79 Å². The number of thioether (sulfide) groups is 1. The van der Waals surface area contributed by atoms with E-state index in [-0.39, 0.29) is 5.91 Å². The number of likely N-dealkylation sites (tertiary alicyclic amines) is 2. The van der Waals surface area contributed by atoms with Crippen LogP contribution in [0.2, 0.25) is 0 Å². The van der Waals surface area contributed by atoms with Crippen molar-refractivity contribution in [1.82, 2.24) is 19.4 Å². The number of aryl methyl sites for hydroxylation is 1. The molecule has 0 spiro atoms. The van der Waals surface area contributed by atoms with Crippen LogP contribution in [0.5, 0.6) is 0 Å². The first kappa shape index (κ1) is 18.6. The van der Waals surface area contributed by atoms with E-state index in [1.54, 1.807) is 11.8 Å². The molecule has 5 nitrogen and oxygen atoms in total. The smallest absolute Gasteiger partial charge is 0.233 e. The van der Waals surface area contributed by atoms with Gasteiger partial charge in [-0.05, 0) is 57.3 Å². The highest BCUT2D eigenvalue weighted by atomic mass is 32.2. The van der Waals surface area contributed by atoms with Crippen molar-refractivity contribution >= 4 is 17.7 Å². The molecule has 0 N–H and O–H groups in total. The molecule has 27 heavy (non-hydrogen) atoms. The second kappa shape index (κ2) is 8.48. The molecule has 0 radical (unpaired) electrons. The van der Waals surface area contributed by atoms with Gasteiger partial charge in [0.05, 0.1) is 11.4 Å². The monoisotopic (exact) mass is 384 g/mol.